The number of hydrogen-bond acceptors (Lipinski definition) is 5. The predicted octanol–water partition coefficient (Wildman–Crippen LogP) is 2.59. The molecule has 1 heterocycles. The first kappa shape index (κ1) is 13.6. The van der Waals surface area contributed by atoms with Crippen molar-refractivity contribution in [2.24, 2.45) is 5.84 Å². The fourth-order valence-corrected chi connectivity index (χ4v) is 2.07. The molecule has 0 spiro atoms. The van der Waals surface area contributed by atoms with Crippen LogP contribution in [0.5, 0.6) is 0 Å². The monoisotopic (exact) mass is 277 g/mol. The number of nitrogens with zero attached hydrogens (tertiary/aromatic N) is 2. The predicted molar refractivity (Wildman–Crippen MR) is 78.0 cm³/mol. The molecular weight excluding hydrogens is 262 g/mol. The van der Waals surface area contributed by atoms with Crippen LogP contribution in [0.4, 0.5) is 11.6 Å². The van der Waals surface area contributed by atoms with Gasteiger partial charge in [-0.15, -0.1) is 0 Å². The van der Waals surface area contributed by atoms with Crippen LogP contribution < -0.4 is 16.6 Å². The summed E-state index contributed by atoms with van der Waals surface area (Å²) in [7, 11) is 0. The standard InChI is InChI=1S/C13H16ClN5/c1-2-11-12(17-8-18-13(11)19-15)16-7-9-4-3-5-10(14)6-9/h3-6,8H,2,7,15H2,1H3,(H2,16,17,18,19). The van der Waals surface area contributed by atoms with Gasteiger partial charge in [0.05, 0.1) is 0 Å². The average Bonchev–Trinajstić information content (AvgIpc) is 2.44. The first-order chi connectivity index (χ1) is 9.24. The number of hydrazine groups is 1. The van der Waals surface area contributed by atoms with E-state index in [4.69, 9.17) is 17.4 Å². The molecule has 19 heavy (non-hydrogen) atoms. The molecule has 0 radical (unpaired) electrons. The SMILES string of the molecule is CCc1c(NN)ncnc1NCc1cccc(Cl)c1. The van der Waals surface area contributed by atoms with Crippen molar-refractivity contribution in [2.45, 2.75) is 19.9 Å². The van der Waals surface area contributed by atoms with Crippen LogP contribution in [0.2, 0.25) is 5.02 Å². The number of benzene rings is 1. The molecule has 100 valence electrons. The topological polar surface area (TPSA) is 75.9 Å². The maximum atomic E-state index is 5.95. The van der Waals surface area contributed by atoms with Crippen LogP contribution in [-0.2, 0) is 13.0 Å². The van der Waals surface area contributed by atoms with E-state index in [0.29, 0.717) is 12.4 Å². The normalized spacial score (nSPS) is 10.3. The van der Waals surface area contributed by atoms with Gasteiger partial charge in [-0.3, -0.25) is 0 Å². The summed E-state index contributed by atoms with van der Waals surface area (Å²) in [6.07, 6.45) is 2.27. The van der Waals surface area contributed by atoms with E-state index in [1.165, 1.54) is 6.33 Å². The van der Waals surface area contributed by atoms with Gasteiger partial charge in [0.2, 0.25) is 0 Å². The Kier molecular flexibility index (Phi) is 4.54. The quantitative estimate of drug-likeness (QED) is 0.578. The molecule has 0 saturated carbocycles. The summed E-state index contributed by atoms with van der Waals surface area (Å²) in [6.45, 7) is 2.68. The molecule has 6 heteroatoms. The Morgan fingerprint density at radius 1 is 1.26 bits per heavy atom. The molecule has 0 aliphatic heterocycles. The second-order valence-electron chi connectivity index (χ2n) is 4.03. The lowest BCUT2D eigenvalue weighted by molar-refractivity contribution is 1.00. The van der Waals surface area contributed by atoms with Crippen molar-refractivity contribution in [1.82, 2.24) is 9.97 Å². The van der Waals surface area contributed by atoms with Crippen LogP contribution in [0.1, 0.15) is 18.1 Å². The number of nitrogen functional groups attached to an aromatic ring is 1. The van der Waals surface area contributed by atoms with Gasteiger partial charge in [-0.2, -0.15) is 0 Å². The summed E-state index contributed by atoms with van der Waals surface area (Å²) in [6, 6.07) is 7.70. The van der Waals surface area contributed by atoms with E-state index in [1.54, 1.807) is 0 Å². The van der Waals surface area contributed by atoms with Crippen molar-refractivity contribution >= 4 is 23.2 Å². The summed E-state index contributed by atoms with van der Waals surface area (Å²) >= 11 is 5.95. The number of nitrogens with one attached hydrogen (secondary N) is 2. The highest BCUT2D eigenvalue weighted by Crippen LogP contribution is 2.20. The highest BCUT2D eigenvalue weighted by molar-refractivity contribution is 6.30. The molecule has 4 N–H and O–H groups in total. The summed E-state index contributed by atoms with van der Waals surface area (Å²) in [4.78, 5) is 8.33. The highest BCUT2D eigenvalue weighted by atomic mass is 35.5. The lowest BCUT2D eigenvalue weighted by atomic mass is 10.2. The van der Waals surface area contributed by atoms with E-state index in [1.807, 2.05) is 31.2 Å². The smallest absolute Gasteiger partial charge is 0.148 e. The molecule has 2 rings (SSSR count). The minimum absolute atomic E-state index is 0.645. The number of hydrogen-bond donors (Lipinski definition) is 3. The van der Waals surface area contributed by atoms with Crippen molar-refractivity contribution in [2.75, 3.05) is 10.7 Å². The molecule has 0 fully saturated rings. The zero-order valence-electron chi connectivity index (χ0n) is 10.7. The van der Waals surface area contributed by atoms with E-state index >= 15 is 0 Å². The summed E-state index contributed by atoms with van der Waals surface area (Å²) in [5.41, 5.74) is 4.64. The number of anilines is 2. The second-order valence-corrected chi connectivity index (χ2v) is 4.47. The zero-order chi connectivity index (χ0) is 13.7. The van der Waals surface area contributed by atoms with Gasteiger partial charge in [0.1, 0.15) is 18.0 Å². The van der Waals surface area contributed by atoms with Crippen LogP contribution in [0.3, 0.4) is 0 Å². The molecule has 0 unspecified atom stereocenters. The fourth-order valence-electron chi connectivity index (χ4n) is 1.86. The molecule has 2 aromatic rings. The lowest BCUT2D eigenvalue weighted by Crippen LogP contribution is -2.14. The number of aromatic nitrogens is 2. The molecule has 1 aromatic carbocycles. The fraction of sp³-hybridized carbons (Fsp3) is 0.231. The highest BCUT2D eigenvalue weighted by Gasteiger charge is 2.08. The molecule has 0 amide bonds. The number of nitrogens with two attached hydrogens (primary N) is 1. The zero-order valence-corrected chi connectivity index (χ0v) is 11.4. The molecule has 0 bridgehead atoms. The van der Waals surface area contributed by atoms with Crippen molar-refractivity contribution < 1.29 is 0 Å². The Bertz CT molecular complexity index is 558. The Balaban J connectivity index is 2.15. The van der Waals surface area contributed by atoms with Crippen LogP contribution >= 0.6 is 11.6 Å². The van der Waals surface area contributed by atoms with Crippen LogP contribution in [0, 0.1) is 0 Å². The van der Waals surface area contributed by atoms with Crippen molar-refractivity contribution in [3.05, 3.63) is 46.7 Å². The Morgan fingerprint density at radius 2 is 2.05 bits per heavy atom. The molecule has 5 nitrogen and oxygen atoms in total. The largest absolute Gasteiger partial charge is 0.366 e. The van der Waals surface area contributed by atoms with Gasteiger partial charge in [-0.1, -0.05) is 30.7 Å². The Hall–Kier alpha value is -1.85. The van der Waals surface area contributed by atoms with Gasteiger partial charge in [0, 0.05) is 17.1 Å². The van der Waals surface area contributed by atoms with Crippen LogP contribution in [-0.4, -0.2) is 9.97 Å². The van der Waals surface area contributed by atoms with E-state index in [-0.39, 0.29) is 0 Å². The summed E-state index contributed by atoms with van der Waals surface area (Å²) in [5.74, 6) is 6.86. The van der Waals surface area contributed by atoms with E-state index in [0.717, 1.165) is 28.4 Å². The molecule has 0 atom stereocenters. The maximum Gasteiger partial charge on any atom is 0.148 e. The minimum Gasteiger partial charge on any atom is -0.366 e. The van der Waals surface area contributed by atoms with Gasteiger partial charge in [-0.25, -0.2) is 15.8 Å². The van der Waals surface area contributed by atoms with Gasteiger partial charge in [0.15, 0.2) is 0 Å². The van der Waals surface area contributed by atoms with E-state index in [2.05, 4.69) is 20.7 Å². The third kappa shape index (κ3) is 3.33. The van der Waals surface area contributed by atoms with Crippen molar-refractivity contribution in [1.29, 1.82) is 0 Å². The lowest BCUT2D eigenvalue weighted by Gasteiger charge is -2.12. The first-order valence-electron chi connectivity index (χ1n) is 6.03. The molecule has 1 aromatic heterocycles. The average molecular weight is 278 g/mol. The number of rotatable bonds is 5. The second kappa shape index (κ2) is 6.36. The van der Waals surface area contributed by atoms with Gasteiger partial charge >= 0.3 is 0 Å². The van der Waals surface area contributed by atoms with E-state index < -0.39 is 0 Å². The molecule has 0 aliphatic rings. The molecule has 0 saturated heterocycles. The maximum absolute atomic E-state index is 5.95. The third-order valence-corrected chi connectivity index (χ3v) is 3.02. The summed E-state index contributed by atoms with van der Waals surface area (Å²) < 4.78 is 0. The van der Waals surface area contributed by atoms with Crippen molar-refractivity contribution in [3.8, 4) is 0 Å². The van der Waals surface area contributed by atoms with Gasteiger partial charge in [0.25, 0.3) is 0 Å². The van der Waals surface area contributed by atoms with Gasteiger partial charge in [-0.05, 0) is 24.1 Å². The molecular formula is C13H16ClN5. The molecule has 0 aliphatic carbocycles. The van der Waals surface area contributed by atoms with Crippen molar-refractivity contribution in [3.63, 3.8) is 0 Å². The Morgan fingerprint density at radius 3 is 2.74 bits per heavy atom. The Labute approximate surface area is 117 Å². The minimum atomic E-state index is 0.645. The number of halogens is 1. The first-order valence-corrected chi connectivity index (χ1v) is 6.41. The van der Waals surface area contributed by atoms with E-state index in [9.17, 15) is 0 Å². The third-order valence-electron chi connectivity index (χ3n) is 2.78. The summed E-state index contributed by atoms with van der Waals surface area (Å²) in [5, 5.41) is 4.00. The van der Waals surface area contributed by atoms with Gasteiger partial charge < -0.3 is 10.7 Å². The van der Waals surface area contributed by atoms with Crippen LogP contribution in [0.25, 0.3) is 0 Å². The van der Waals surface area contributed by atoms with Crippen LogP contribution in [0.15, 0.2) is 30.6 Å².